The second kappa shape index (κ2) is 20.8. The fraction of sp³-hybridized carbons (Fsp3) is 0.453. The minimum atomic E-state index is -0.252. The van der Waals surface area contributed by atoms with Crippen LogP contribution < -0.4 is 56.5 Å². The van der Waals surface area contributed by atoms with Crippen LogP contribution in [0.4, 0.5) is 0 Å². The van der Waals surface area contributed by atoms with Crippen LogP contribution in [-0.4, -0.2) is 16.7 Å². The van der Waals surface area contributed by atoms with Crippen LogP contribution in [0.2, 0.25) is 0 Å². The van der Waals surface area contributed by atoms with Gasteiger partial charge in [-0.05, 0) is 156 Å². The van der Waals surface area contributed by atoms with E-state index in [-0.39, 0.29) is 107 Å². The molecule has 0 aliphatic heterocycles. The predicted molar refractivity (Wildman–Crippen MR) is 286 cm³/mol. The molecule has 0 saturated carbocycles. The molecule has 0 amide bonds. The number of aliphatic hydroxyl groups excluding tert-OH is 1. The van der Waals surface area contributed by atoms with Gasteiger partial charge in [0.1, 0.15) is 5.76 Å². The molecule has 364 valence electrons. The van der Waals surface area contributed by atoms with Gasteiger partial charge in [-0.1, -0.05) is 169 Å². The molecule has 6 heteroatoms. The van der Waals surface area contributed by atoms with Crippen LogP contribution in [0.5, 0.6) is 0 Å². The first kappa shape index (κ1) is 56.8. The average molecular weight is 964 g/mol. The first-order valence-electron chi connectivity index (χ1n) is 25.0. The summed E-state index contributed by atoms with van der Waals surface area (Å²) in [7, 11) is 0. The Morgan fingerprint density at radius 2 is 0.843 bits per heavy atom. The molecule has 0 atom stereocenters. The van der Waals surface area contributed by atoms with Crippen LogP contribution in [0.25, 0.3) is 22.3 Å². The van der Waals surface area contributed by atoms with Crippen LogP contribution in [0.15, 0.2) is 97.5 Å². The van der Waals surface area contributed by atoms with Crippen LogP contribution in [0, 0.1) is 36.0 Å². The van der Waals surface area contributed by atoms with E-state index in [9.17, 15) is 19.8 Å². The molecule has 0 unspecified atom stereocenters. The van der Waals surface area contributed by atoms with E-state index in [1.54, 1.807) is 6.07 Å². The Morgan fingerprint density at radius 3 is 1.17 bits per heavy atom. The van der Waals surface area contributed by atoms with Crippen molar-refractivity contribution in [2.75, 3.05) is 0 Å². The number of rotatable bonds is 6. The van der Waals surface area contributed by atoms with Gasteiger partial charge in [0.2, 0.25) is 0 Å². The van der Waals surface area contributed by atoms with Gasteiger partial charge < -0.3 is 10.2 Å². The third-order valence-electron chi connectivity index (χ3n) is 15.8. The third kappa shape index (κ3) is 11.9. The predicted octanol–water partition coefficient (Wildman–Crippen LogP) is 12.5. The Labute approximate surface area is 464 Å². The zero-order valence-corrected chi connectivity index (χ0v) is 48.7. The van der Waals surface area contributed by atoms with Gasteiger partial charge in [0.05, 0.1) is 11.6 Å². The summed E-state index contributed by atoms with van der Waals surface area (Å²) < 4.78 is 0. The molecule has 0 fully saturated rings. The number of hydrogen-bond acceptors (Lipinski definition) is 5. The van der Waals surface area contributed by atoms with Crippen molar-refractivity contribution in [2.24, 2.45) is 10.8 Å². The summed E-state index contributed by atoms with van der Waals surface area (Å²) in [5.41, 5.74) is 17.2. The van der Waals surface area contributed by atoms with Gasteiger partial charge in [0, 0.05) is 31.8 Å². The Bertz CT molecular complexity index is 2640. The van der Waals surface area contributed by atoms with E-state index >= 15 is 0 Å². The number of nitrogens with zero attached hydrogens (tertiary/aromatic N) is 1. The zero-order chi connectivity index (χ0) is 51.4. The third-order valence-corrected chi connectivity index (χ3v) is 15.8. The smallest absolute Gasteiger partial charge is 0.875 e. The fourth-order valence-electron chi connectivity index (χ4n) is 11.3. The second-order valence-corrected chi connectivity index (χ2v) is 24.8. The largest absolute Gasteiger partial charge is 1.00 e. The van der Waals surface area contributed by atoms with Crippen molar-refractivity contribution in [1.29, 1.82) is 5.26 Å². The molecule has 8 rings (SSSR count). The average Bonchev–Trinajstić information content (AvgIpc) is 3.23. The number of benzene rings is 4. The monoisotopic (exact) mass is 964 g/mol. The number of carbonyl (C=O) groups is 2. The number of allylic oxidation sites excluding steroid dienone is 4. The molecular weight excluding hydrogens is 886 g/mol. The van der Waals surface area contributed by atoms with E-state index in [1.165, 1.54) is 77.1 Å². The molecule has 70 heavy (non-hydrogen) atoms. The number of carbonyl (C=O) groups excluding carboxylic acids is 2. The van der Waals surface area contributed by atoms with Crippen molar-refractivity contribution in [2.45, 2.75) is 177 Å². The zero-order valence-electron chi connectivity index (χ0n) is 45.6. The number of nitriles is 1. The van der Waals surface area contributed by atoms with E-state index in [0.717, 1.165) is 33.4 Å². The second-order valence-electron chi connectivity index (χ2n) is 24.8. The van der Waals surface area contributed by atoms with Gasteiger partial charge in [-0.3, -0.25) is 9.59 Å². The van der Waals surface area contributed by atoms with Gasteiger partial charge in [-0.2, -0.15) is 5.26 Å². The summed E-state index contributed by atoms with van der Waals surface area (Å²) in [6.07, 6.45) is 6.58. The van der Waals surface area contributed by atoms with E-state index in [1.807, 2.05) is 76.2 Å². The Morgan fingerprint density at radius 1 is 0.543 bits per heavy atom. The molecule has 4 aromatic carbocycles. The standard InChI is InChI=1S/2C31H38O2.C2H3N.K/c2*1-19-15-24-25(31(7,8)14-13-30(24,5)6)16-23(19)20(2)21-9-11-22(12-10-21)28-26(32)17-29(3,4)18-27(28)33;1-2-3;/h2*9-12,15-16,32H,2,13-14,17-18H2,1,3-8H3;1H3;/q;;;+1/p-1. The van der Waals surface area contributed by atoms with Gasteiger partial charge in [-0.15, -0.1) is 5.76 Å². The molecule has 1 N–H and O–H groups in total. The van der Waals surface area contributed by atoms with Gasteiger partial charge in [0.15, 0.2) is 11.6 Å². The summed E-state index contributed by atoms with van der Waals surface area (Å²) in [6.45, 7) is 41.5. The van der Waals surface area contributed by atoms with Gasteiger partial charge in [0.25, 0.3) is 0 Å². The van der Waals surface area contributed by atoms with E-state index in [0.29, 0.717) is 36.8 Å². The Kier molecular flexibility index (Phi) is 16.9. The molecular formula is C64H78KNO4. The quantitative estimate of drug-likeness (QED) is 0.194. The maximum atomic E-state index is 12.7. The number of Topliss-reactive ketones (excluding diaryl/α,β-unsaturated/α-hetero) is 2. The molecule has 5 nitrogen and oxygen atoms in total. The SMILES string of the molecule is C=C(c1ccc(C2=C(O)CC(C)(C)CC2=O)cc1)c1cc2c(cc1C)C(C)(C)CCC2(C)C.C=C(c1ccc(C2=C([O-])CC(C)(C)CC2=O)cc1)c1cc2c(cc1C)C(C)(C)CCC2(C)C.CC#N.[K+]. The minimum Gasteiger partial charge on any atom is -0.875 e. The summed E-state index contributed by atoms with van der Waals surface area (Å²) >= 11 is 0. The maximum Gasteiger partial charge on any atom is 1.00 e. The van der Waals surface area contributed by atoms with Crippen molar-refractivity contribution in [1.82, 2.24) is 0 Å². The van der Waals surface area contributed by atoms with Crippen LogP contribution in [0.1, 0.15) is 208 Å². The van der Waals surface area contributed by atoms with Crippen molar-refractivity contribution < 1.29 is 71.2 Å². The molecule has 4 aromatic rings. The number of aliphatic hydroxyl groups is 1. The molecule has 4 aliphatic carbocycles. The summed E-state index contributed by atoms with van der Waals surface area (Å²) in [6, 6.07) is 27.0. The number of fused-ring (bicyclic) bond motifs is 2. The van der Waals surface area contributed by atoms with Crippen LogP contribution >= 0.6 is 0 Å². The summed E-state index contributed by atoms with van der Waals surface area (Å²) in [5, 5.41) is 30.6. The van der Waals surface area contributed by atoms with E-state index in [4.69, 9.17) is 5.26 Å². The Balaban J connectivity index is 0.000000244. The maximum absolute atomic E-state index is 12.7. The molecule has 0 radical (unpaired) electrons. The van der Waals surface area contributed by atoms with Crippen LogP contribution in [-0.2, 0) is 31.2 Å². The van der Waals surface area contributed by atoms with Crippen LogP contribution in [0.3, 0.4) is 0 Å². The first-order valence-corrected chi connectivity index (χ1v) is 25.0. The minimum absolute atomic E-state index is 0. The van der Waals surface area contributed by atoms with Gasteiger partial charge >= 0.3 is 51.4 Å². The van der Waals surface area contributed by atoms with Gasteiger partial charge in [-0.25, -0.2) is 0 Å². The molecule has 0 aromatic heterocycles. The number of aryl methyl sites for hydroxylation is 2. The van der Waals surface area contributed by atoms with Crippen molar-refractivity contribution >= 4 is 33.9 Å². The van der Waals surface area contributed by atoms with Crippen molar-refractivity contribution in [3.05, 3.63) is 164 Å². The van der Waals surface area contributed by atoms with Crippen molar-refractivity contribution in [3.8, 4) is 6.07 Å². The normalized spacial score (nSPS) is 19.9. The molecule has 0 saturated heterocycles. The van der Waals surface area contributed by atoms with E-state index in [2.05, 4.69) is 107 Å². The molecule has 0 heterocycles. The first-order chi connectivity index (χ1) is 31.8. The molecule has 0 bridgehead atoms. The fourth-order valence-corrected chi connectivity index (χ4v) is 11.3. The number of hydrogen-bond donors (Lipinski definition) is 1. The van der Waals surface area contributed by atoms with E-state index < -0.39 is 0 Å². The number of ketones is 2. The summed E-state index contributed by atoms with van der Waals surface area (Å²) in [5.74, 6) is 0.139. The Hall–Kier alpha value is -4.09. The van der Waals surface area contributed by atoms with Crippen molar-refractivity contribution in [3.63, 3.8) is 0 Å². The topological polar surface area (TPSA) is 101 Å². The molecule has 4 aliphatic rings. The summed E-state index contributed by atoms with van der Waals surface area (Å²) in [4.78, 5) is 25.4. The molecule has 0 spiro atoms.